The predicted octanol–water partition coefficient (Wildman–Crippen LogP) is 12.6. The molecule has 0 atom stereocenters. The van der Waals surface area contributed by atoms with Crippen LogP contribution in [-0.4, -0.2) is 25.9 Å². The Morgan fingerprint density at radius 1 is 0.554 bits per heavy atom. The number of rotatable bonds is 13. The van der Waals surface area contributed by atoms with Crippen LogP contribution < -0.4 is 28.4 Å². The maximum absolute atomic E-state index is 14.5. The number of halogens is 11. The van der Waals surface area contributed by atoms with Crippen LogP contribution in [0.2, 0.25) is 0 Å². The summed E-state index contributed by atoms with van der Waals surface area (Å²) in [6.07, 6.45) is -9.54. The first-order valence-corrected chi connectivity index (χ1v) is 17.8. The first kappa shape index (κ1) is 42.0. The fourth-order valence-electron chi connectivity index (χ4n) is 4.86. The zero-order valence-corrected chi connectivity index (χ0v) is 30.4. The van der Waals surface area contributed by atoms with Crippen LogP contribution in [0.15, 0.2) is 66.7 Å². The molecule has 0 amide bonds. The highest BCUT2D eigenvalue weighted by molar-refractivity contribution is 7.20. The van der Waals surface area contributed by atoms with Gasteiger partial charge in [-0.1, -0.05) is 18.3 Å². The quantitative estimate of drug-likeness (QED) is 0.108. The van der Waals surface area contributed by atoms with Crippen molar-refractivity contribution in [2.45, 2.75) is 46.2 Å². The molecule has 6 aromatic rings. The second-order valence-corrected chi connectivity index (χ2v) is 13.5. The zero-order chi connectivity index (χ0) is 40.8. The molecule has 6 rings (SSSR count). The Kier molecular flexibility index (Phi) is 13.3. The van der Waals surface area contributed by atoms with E-state index in [-0.39, 0.29) is 23.7 Å². The summed E-state index contributed by atoms with van der Waals surface area (Å²) in [6, 6.07) is 14.7. The van der Waals surface area contributed by atoms with Crippen LogP contribution in [0.25, 0.3) is 20.2 Å². The average Bonchev–Trinajstić information content (AvgIpc) is 3.67. The molecule has 0 fully saturated rings. The van der Waals surface area contributed by atoms with Gasteiger partial charge >= 0.3 is 12.7 Å². The molecular formula is C37H27F11O6S2. The van der Waals surface area contributed by atoms with Gasteiger partial charge in [0.05, 0.1) is 18.1 Å². The molecule has 0 saturated carbocycles. The van der Waals surface area contributed by atoms with Gasteiger partial charge in [-0.25, -0.2) is 22.0 Å². The standard InChI is InChI=1S/C19H15F5O3S.C18H12F6O3S/c1-2-5-25-13-4-3-12-8-17(28-16(12)9-13)26-10-11-6-14(20)18(15(21)7-11)27-19(22,23)24;1-2-25-9-3-4-11-14(7-9)28-15(16(11)21)8-26-10-5-12(19)17(13(20)6-10)27-18(22,23)24/h3-4,6-9H,2,5,10H2,1H3;3-7H,2,8H2,1H3. The number of alkyl halides is 6. The van der Waals surface area contributed by atoms with Crippen LogP contribution in [-0.2, 0) is 13.2 Å². The summed E-state index contributed by atoms with van der Waals surface area (Å²) in [5, 5.41) is 1.74. The number of ether oxygens (including phenoxy) is 6. The van der Waals surface area contributed by atoms with Gasteiger partial charge in [-0.15, -0.1) is 37.7 Å². The van der Waals surface area contributed by atoms with E-state index >= 15 is 0 Å². The van der Waals surface area contributed by atoms with E-state index in [1.165, 1.54) is 17.4 Å². The van der Waals surface area contributed by atoms with Gasteiger partial charge in [-0.05, 0) is 78.9 Å². The molecule has 2 heterocycles. The molecule has 6 nitrogen and oxygen atoms in total. The molecular weight excluding hydrogens is 814 g/mol. The van der Waals surface area contributed by atoms with E-state index in [2.05, 4.69) is 9.47 Å². The van der Waals surface area contributed by atoms with Crippen LogP contribution in [0.3, 0.4) is 0 Å². The third-order valence-electron chi connectivity index (χ3n) is 7.14. The molecule has 300 valence electrons. The number of benzene rings is 4. The first-order valence-electron chi connectivity index (χ1n) is 16.2. The summed E-state index contributed by atoms with van der Waals surface area (Å²) >= 11 is 2.38. The minimum atomic E-state index is -5.25. The highest BCUT2D eigenvalue weighted by atomic mass is 32.1. The number of hydrogen-bond donors (Lipinski definition) is 0. The number of hydrogen-bond acceptors (Lipinski definition) is 8. The lowest BCUT2D eigenvalue weighted by molar-refractivity contribution is -0.277. The van der Waals surface area contributed by atoms with Crippen LogP contribution in [0.5, 0.6) is 33.8 Å². The second kappa shape index (κ2) is 17.7. The van der Waals surface area contributed by atoms with E-state index in [0.717, 1.165) is 45.7 Å². The maximum atomic E-state index is 14.5. The van der Waals surface area contributed by atoms with Crippen LogP contribution in [0, 0.1) is 29.1 Å². The molecule has 0 radical (unpaired) electrons. The molecule has 0 aliphatic carbocycles. The lowest BCUT2D eigenvalue weighted by Gasteiger charge is -2.12. The fraction of sp³-hybridized carbons (Fsp3) is 0.243. The highest BCUT2D eigenvalue weighted by Gasteiger charge is 2.35. The molecule has 19 heteroatoms. The largest absolute Gasteiger partial charge is 0.573 e. The van der Waals surface area contributed by atoms with Gasteiger partial charge in [-0.3, -0.25) is 0 Å². The smallest absolute Gasteiger partial charge is 0.494 e. The summed E-state index contributed by atoms with van der Waals surface area (Å²) < 4.78 is 172. The lowest BCUT2D eigenvalue weighted by Crippen LogP contribution is -2.19. The third-order valence-corrected chi connectivity index (χ3v) is 9.25. The van der Waals surface area contributed by atoms with Gasteiger partial charge < -0.3 is 28.4 Å². The molecule has 0 saturated heterocycles. The van der Waals surface area contributed by atoms with Crippen molar-refractivity contribution in [2.75, 3.05) is 13.2 Å². The molecule has 0 aliphatic heterocycles. The molecule has 0 unspecified atom stereocenters. The fourth-order valence-corrected chi connectivity index (χ4v) is 6.82. The predicted molar refractivity (Wildman–Crippen MR) is 185 cm³/mol. The molecule has 0 N–H and O–H groups in total. The zero-order valence-electron chi connectivity index (χ0n) is 28.8. The van der Waals surface area contributed by atoms with Gasteiger partial charge in [0.1, 0.15) is 36.3 Å². The Morgan fingerprint density at radius 3 is 1.71 bits per heavy atom. The molecule has 2 aromatic heterocycles. The molecule has 0 bridgehead atoms. The minimum absolute atomic E-state index is 0.0361. The third kappa shape index (κ3) is 11.2. The Balaban J connectivity index is 0.000000214. The van der Waals surface area contributed by atoms with E-state index in [1.807, 2.05) is 32.0 Å². The van der Waals surface area contributed by atoms with Gasteiger partial charge in [-0.2, -0.15) is 0 Å². The molecule has 0 spiro atoms. The highest BCUT2D eigenvalue weighted by Crippen LogP contribution is 2.37. The monoisotopic (exact) mass is 840 g/mol. The first-order chi connectivity index (χ1) is 26.4. The van der Waals surface area contributed by atoms with Crippen molar-refractivity contribution in [1.29, 1.82) is 0 Å². The SMILES string of the molecule is CCCOc1ccc2cc(OCc3cc(F)c(OC(F)(F)F)c(F)c3)sc2c1.CCOc1ccc2c(F)c(COc3cc(F)c(OC(F)(F)F)c(F)c3)sc2c1. The van der Waals surface area contributed by atoms with Crippen LogP contribution in [0.1, 0.15) is 30.7 Å². The Hall–Kier alpha value is -5.17. The van der Waals surface area contributed by atoms with E-state index in [4.69, 9.17) is 18.9 Å². The van der Waals surface area contributed by atoms with Gasteiger partial charge in [0.2, 0.25) is 11.5 Å². The van der Waals surface area contributed by atoms with E-state index < -0.39 is 59.1 Å². The summed E-state index contributed by atoms with van der Waals surface area (Å²) in [5.74, 6) is -8.84. The Morgan fingerprint density at radius 2 is 1.12 bits per heavy atom. The molecule has 56 heavy (non-hydrogen) atoms. The van der Waals surface area contributed by atoms with Crippen molar-refractivity contribution in [2.24, 2.45) is 0 Å². The maximum Gasteiger partial charge on any atom is 0.573 e. The lowest BCUT2D eigenvalue weighted by atomic mass is 10.2. The Bertz CT molecular complexity index is 2240. The second-order valence-electron chi connectivity index (χ2n) is 11.3. The van der Waals surface area contributed by atoms with Crippen molar-refractivity contribution >= 4 is 42.8 Å². The Labute approximate surface area is 318 Å². The van der Waals surface area contributed by atoms with Gasteiger partial charge in [0.15, 0.2) is 28.3 Å². The van der Waals surface area contributed by atoms with Gasteiger partial charge in [0.25, 0.3) is 0 Å². The average molecular weight is 841 g/mol. The van der Waals surface area contributed by atoms with Crippen molar-refractivity contribution in [3.05, 3.63) is 106 Å². The van der Waals surface area contributed by atoms with Crippen LogP contribution in [0.4, 0.5) is 48.3 Å². The summed E-state index contributed by atoms with van der Waals surface area (Å²) in [4.78, 5) is 0.153. The summed E-state index contributed by atoms with van der Waals surface area (Å²) in [5.41, 5.74) is 0.0361. The summed E-state index contributed by atoms with van der Waals surface area (Å²) in [7, 11) is 0. The normalized spacial score (nSPS) is 11.7. The van der Waals surface area contributed by atoms with Crippen molar-refractivity contribution < 1.29 is 76.7 Å². The van der Waals surface area contributed by atoms with Crippen molar-refractivity contribution in [1.82, 2.24) is 0 Å². The number of thiophene rings is 2. The molecule has 0 aliphatic rings. The minimum Gasteiger partial charge on any atom is -0.494 e. The van der Waals surface area contributed by atoms with Crippen LogP contribution >= 0.6 is 22.7 Å². The van der Waals surface area contributed by atoms with E-state index in [0.29, 0.717) is 46.2 Å². The van der Waals surface area contributed by atoms with Crippen molar-refractivity contribution in [3.63, 3.8) is 0 Å². The molecule has 4 aromatic carbocycles. The van der Waals surface area contributed by atoms with Gasteiger partial charge in [0, 0.05) is 26.9 Å². The van der Waals surface area contributed by atoms with Crippen molar-refractivity contribution in [3.8, 4) is 33.8 Å². The topological polar surface area (TPSA) is 55.4 Å². The summed E-state index contributed by atoms with van der Waals surface area (Å²) in [6.45, 7) is 4.27. The van der Waals surface area contributed by atoms with E-state index in [1.54, 1.807) is 18.2 Å². The van der Waals surface area contributed by atoms with E-state index in [9.17, 15) is 48.3 Å². The number of fused-ring (bicyclic) bond motifs is 2.